The molecule has 0 aliphatic rings. The van der Waals surface area contributed by atoms with E-state index in [2.05, 4.69) is 11.9 Å². The minimum absolute atomic E-state index is 0.0585. The molecule has 0 unspecified atom stereocenters. The van der Waals surface area contributed by atoms with Crippen molar-refractivity contribution >= 4 is 11.8 Å². The maximum atomic E-state index is 13.4. The topological polar surface area (TPSA) is 72.2 Å². The lowest BCUT2D eigenvalue weighted by Crippen LogP contribution is -2.45. The van der Waals surface area contributed by atoms with Crippen LogP contribution >= 0.6 is 0 Å². The standard InChI is InChI=1S/C15H18F2N2O2/c1-2-3-4-5-13(15(18)21)19-14(20)8-10-6-7-11(16)9-12(10)17/h2,6-7,9,13H,1,3-5,8H2,(H2,18,21)(H,19,20)/t13-/m1/s1. The Morgan fingerprint density at radius 3 is 2.67 bits per heavy atom. The lowest BCUT2D eigenvalue weighted by molar-refractivity contribution is -0.127. The first-order valence-corrected chi connectivity index (χ1v) is 6.57. The highest BCUT2D eigenvalue weighted by atomic mass is 19.1. The number of primary amides is 1. The van der Waals surface area contributed by atoms with E-state index in [1.54, 1.807) is 6.08 Å². The van der Waals surface area contributed by atoms with E-state index in [4.69, 9.17) is 5.73 Å². The van der Waals surface area contributed by atoms with E-state index in [0.717, 1.165) is 6.07 Å². The van der Waals surface area contributed by atoms with Crippen LogP contribution in [0.15, 0.2) is 30.9 Å². The van der Waals surface area contributed by atoms with E-state index in [-0.39, 0.29) is 12.0 Å². The van der Waals surface area contributed by atoms with Crippen LogP contribution in [0.1, 0.15) is 24.8 Å². The fourth-order valence-corrected chi connectivity index (χ4v) is 1.84. The maximum absolute atomic E-state index is 13.4. The van der Waals surface area contributed by atoms with Crippen molar-refractivity contribution in [3.05, 3.63) is 48.1 Å². The van der Waals surface area contributed by atoms with Crippen LogP contribution in [0.25, 0.3) is 0 Å². The summed E-state index contributed by atoms with van der Waals surface area (Å²) >= 11 is 0. The van der Waals surface area contributed by atoms with Crippen LogP contribution in [0.5, 0.6) is 0 Å². The Balaban J connectivity index is 2.60. The van der Waals surface area contributed by atoms with Crippen molar-refractivity contribution in [3.8, 4) is 0 Å². The van der Waals surface area contributed by atoms with E-state index >= 15 is 0 Å². The first kappa shape index (κ1) is 16.8. The van der Waals surface area contributed by atoms with Crippen LogP contribution in [-0.4, -0.2) is 17.9 Å². The Kier molecular flexibility index (Phi) is 6.52. The number of rotatable bonds is 8. The van der Waals surface area contributed by atoms with Gasteiger partial charge >= 0.3 is 0 Å². The molecule has 0 aromatic heterocycles. The zero-order valence-electron chi connectivity index (χ0n) is 11.6. The zero-order chi connectivity index (χ0) is 15.8. The minimum atomic E-state index is -0.805. The normalized spacial score (nSPS) is 11.7. The summed E-state index contributed by atoms with van der Waals surface area (Å²) in [5, 5.41) is 2.46. The molecule has 3 N–H and O–H groups in total. The number of hydrogen-bond donors (Lipinski definition) is 2. The van der Waals surface area contributed by atoms with E-state index in [1.165, 1.54) is 6.07 Å². The van der Waals surface area contributed by atoms with Crippen molar-refractivity contribution in [2.75, 3.05) is 0 Å². The Bertz CT molecular complexity index is 532. The molecular weight excluding hydrogens is 278 g/mol. The predicted molar refractivity (Wildman–Crippen MR) is 75.2 cm³/mol. The molecule has 0 aliphatic carbocycles. The zero-order valence-corrected chi connectivity index (χ0v) is 11.6. The maximum Gasteiger partial charge on any atom is 0.239 e. The van der Waals surface area contributed by atoms with Crippen LogP contribution < -0.4 is 11.1 Å². The van der Waals surface area contributed by atoms with Crippen LogP contribution in [0, 0.1) is 11.6 Å². The highest BCUT2D eigenvalue weighted by Crippen LogP contribution is 2.10. The molecular formula is C15H18F2N2O2. The van der Waals surface area contributed by atoms with Gasteiger partial charge in [0.05, 0.1) is 6.42 Å². The summed E-state index contributed by atoms with van der Waals surface area (Å²) in [7, 11) is 0. The van der Waals surface area contributed by atoms with Gasteiger partial charge in [-0.15, -0.1) is 6.58 Å². The Hall–Kier alpha value is -2.24. The summed E-state index contributed by atoms with van der Waals surface area (Å²) in [5.41, 5.74) is 5.27. The molecule has 0 heterocycles. The van der Waals surface area contributed by atoms with Crippen molar-refractivity contribution in [1.82, 2.24) is 5.32 Å². The van der Waals surface area contributed by atoms with E-state index in [0.29, 0.717) is 25.3 Å². The van der Waals surface area contributed by atoms with Gasteiger partial charge in [0.1, 0.15) is 17.7 Å². The molecule has 21 heavy (non-hydrogen) atoms. The van der Waals surface area contributed by atoms with Crippen molar-refractivity contribution in [3.63, 3.8) is 0 Å². The summed E-state index contributed by atoms with van der Waals surface area (Å²) in [5.74, 6) is -2.70. The summed E-state index contributed by atoms with van der Waals surface area (Å²) < 4.78 is 26.2. The molecule has 114 valence electrons. The predicted octanol–water partition coefficient (Wildman–Crippen LogP) is 1.83. The molecule has 1 aromatic carbocycles. The van der Waals surface area contributed by atoms with Gasteiger partial charge in [-0.25, -0.2) is 8.78 Å². The van der Waals surface area contributed by atoms with Gasteiger partial charge in [0, 0.05) is 6.07 Å². The quantitative estimate of drug-likeness (QED) is 0.567. The van der Waals surface area contributed by atoms with Crippen molar-refractivity contribution in [1.29, 1.82) is 0 Å². The molecule has 1 atom stereocenters. The van der Waals surface area contributed by atoms with Crippen molar-refractivity contribution in [2.45, 2.75) is 31.7 Å². The number of nitrogens with one attached hydrogen (secondary N) is 1. The molecule has 0 aliphatic heterocycles. The first-order valence-electron chi connectivity index (χ1n) is 6.57. The molecule has 2 amide bonds. The van der Waals surface area contributed by atoms with Gasteiger partial charge in [-0.3, -0.25) is 9.59 Å². The second-order valence-corrected chi connectivity index (χ2v) is 4.65. The fourth-order valence-electron chi connectivity index (χ4n) is 1.84. The third-order valence-electron chi connectivity index (χ3n) is 2.95. The van der Waals surface area contributed by atoms with Gasteiger partial charge in [-0.1, -0.05) is 12.1 Å². The number of halogens is 2. The number of benzene rings is 1. The Labute approximate surface area is 122 Å². The van der Waals surface area contributed by atoms with Crippen molar-refractivity contribution in [2.24, 2.45) is 5.73 Å². The number of carbonyl (C=O) groups excluding carboxylic acids is 2. The van der Waals surface area contributed by atoms with Gasteiger partial charge in [0.25, 0.3) is 0 Å². The molecule has 1 aromatic rings. The van der Waals surface area contributed by atoms with Crippen LogP contribution in [0.3, 0.4) is 0 Å². The average Bonchev–Trinajstić information content (AvgIpc) is 2.41. The highest BCUT2D eigenvalue weighted by Gasteiger charge is 2.18. The summed E-state index contributed by atoms with van der Waals surface area (Å²) in [6.45, 7) is 3.56. The van der Waals surface area contributed by atoms with Gasteiger partial charge in [0.15, 0.2) is 0 Å². The minimum Gasteiger partial charge on any atom is -0.368 e. The van der Waals surface area contributed by atoms with Gasteiger partial charge in [-0.2, -0.15) is 0 Å². The molecule has 1 rings (SSSR count). The summed E-state index contributed by atoms with van der Waals surface area (Å²) in [6, 6.07) is 2.17. The number of amides is 2. The molecule has 0 fully saturated rings. The van der Waals surface area contributed by atoms with Gasteiger partial charge in [0.2, 0.25) is 11.8 Å². The third-order valence-corrected chi connectivity index (χ3v) is 2.95. The van der Waals surface area contributed by atoms with E-state index in [9.17, 15) is 18.4 Å². The Morgan fingerprint density at radius 1 is 1.38 bits per heavy atom. The summed E-state index contributed by atoms with van der Waals surface area (Å²) in [6.07, 6.45) is 3.17. The number of hydrogen-bond acceptors (Lipinski definition) is 2. The number of nitrogens with two attached hydrogens (primary N) is 1. The molecule has 0 saturated heterocycles. The first-order chi connectivity index (χ1) is 9.93. The van der Waals surface area contributed by atoms with Crippen LogP contribution in [0.4, 0.5) is 8.78 Å². The van der Waals surface area contributed by atoms with E-state index < -0.39 is 29.5 Å². The van der Waals surface area contributed by atoms with Crippen molar-refractivity contribution < 1.29 is 18.4 Å². The fraction of sp³-hybridized carbons (Fsp3) is 0.333. The Morgan fingerprint density at radius 2 is 2.10 bits per heavy atom. The van der Waals surface area contributed by atoms with Crippen LogP contribution in [0.2, 0.25) is 0 Å². The van der Waals surface area contributed by atoms with Gasteiger partial charge in [-0.05, 0) is 30.9 Å². The SMILES string of the molecule is C=CCCC[C@@H](NC(=O)Cc1ccc(F)cc1F)C(N)=O. The largest absolute Gasteiger partial charge is 0.368 e. The van der Waals surface area contributed by atoms with Gasteiger partial charge < -0.3 is 11.1 Å². The molecule has 0 saturated carbocycles. The molecule has 0 spiro atoms. The smallest absolute Gasteiger partial charge is 0.239 e. The monoisotopic (exact) mass is 296 g/mol. The number of allylic oxidation sites excluding steroid dienone is 1. The number of unbranched alkanes of at least 4 members (excludes halogenated alkanes) is 1. The van der Waals surface area contributed by atoms with Crippen LogP contribution in [-0.2, 0) is 16.0 Å². The second-order valence-electron chi connectivity index (χ2n) is 4.65. The lowest BCUT2D eigenvalue weighted by Gasteiger charge is -2.15. The molecule has 0 radical (unpaired) electrons. The molecule has 0 bridgehead atoms. The molecule has 6 heteroatoms. The lowest BCUT2D eigenvalue weighted by atomic mass is 10.1. The van der Waals surface area contributed by atoms with E-state index in [1.807, 2.05) is 0 Å². The third kappa shape index (κ3) is 5.72. The average molecular weight is 296 g/mol. The second kappa shape index (κ2) is 8.14. The summed E-state index contributed by atoms with van der Waals surface area (Å²) in [4.78, 5) is 23.0. The number of carbonyl (C=O) groups is 2. The molecule has 4 nitrogen and oxygen atoms in total. The highest BCUT2D eigenvalue weighted by molar-refractivity contribution is 5.87.